The van der Waals surface area contributed by atoms with Gasteiger partial charge in [-0.2, -0.15) is 10.2 Å². The van der Waals surface area contributed by atoms with E-state index in [0.29, 0.717) is 5.56 Å². The Hall–Kier alpha value is -3.92. The molecule has 0 saturated heterocycles. The Kier molecular flexibility index (Phi) is 4.53. The first-order valence-electron chi connectivity index (χ1n) is 7.10. The molecule has 0 aliphatic heterocycles. The summed E-state index contributed by atoms with van der Waals surface area (Å²) in [5, 5.41) is 9.11. The molecule has 3 aromatic rings. The van der Waals surface area contributed by atoms with Gasteiger partial charge in [-0.05, 0) is 24.3 Å². The molecule has 0 aliphatic carbocycles. The van der Waals surface area contributed by atoms with Crippen molar-refractivity contribution in [2.75, 3.05) is 0 Å². The maximum atomic E-state index is 12.0. The first-order chi connectivity index (χ1) is 12.2. The number of esters is 2. The predicted molar refractivity (Wildman–Crippen MR) is 84.0 cm³/mol. The number of nitriles is 1. The van der Waals surface area contributed by atoms with Crippen LogP contribution in [0.15, 0.2) is 65.5 Å². The van der Waals surface area contributed by atoms with E-state index in [4.69, 9.17) is 19.2 Å². The third-order valence-corrected chi connectivity index (χ3v) is 3.11. The van der Waals surface area contributed by atoms with E-state index in [1.54, 1.807) is 30.3 Å². The summed E-state index contributed by atoms with van der Waals surface area (Å²) in [6.45, 7) is 0. The van der Waals surface area contributed by atoms with E-state index < -0.39 is 11.9 Å². The van der Waals surface area contributed by atoms with Crippen molar-refractivity contribution in [1.29, 1.82) is 5.26 Å². The number of nitrogens with zero attached hydrogens (tertiary/aromatic N) is 2. The minimum absolute atomic E-state index is 0.0244. The van der Waals surface area contributed by atoms with Crippen molar-refractivity contribution in [2.24, 2.45) is 0 Å². The highest BCUT2D eigenvalue weighted by molar-refractivity contribution is 5.91. The molecule has 7 nitrogen and oxygen atoms in total. The molecular formula is C18H10N2O5. The minimum atomic E-state index is -0.746. The maximum absolute atomic E-state index is 12.0. The lowest BCUT2D eigenvalue weighted by Gasteiger charge is -2.07. The van der Waals surface area contributed by atoms with Gasteiger partial charge < -0.3 is 13.9 Å². The van der Waals surface area contributed by atoms with Gasteiger partial charge >= 0.3 is 11.9 Å². The number of aromatic nitrogens is 1. The van der Waals surface area contributed by atoms with Crippen LogP contribution in [0.3, 0.4) is 0 Å². The molecule has 0 bridgehead atoms. The van der Waals surface area contributed by atoms with Gasteiger partial charge in [-0.25, -0.2) is 9.59 Å². The first-order valence-corrected chi connectivity index (χ1v) is 7.10. The average Bonchev–Trinajstić information content (AvgIpc) is 3.17. The fourth-order valence-corrected chi connectivity index (χ4v) is 1.90. The lowest BCUT2D eigenvalue weighted by atomic mass is 10.2. The summed E-state index contributed by atoms with van der Waals surface area (Å²) >= 11 is 0. The largest absolute Gasteiger partial charge is 0.472 e. The number of ether oxygens (including phenoxy) is 2. The van der Waals surface area contributed by atoms with Gasteiger partial charge in [0.1, 0.15) is 17.9 Å². The Morgan fingerprint density at radius 1 is 0.960 bits per heavy atom. The molecule has 0 fully saturated rings. The zero-order chi connectivity index (χ0) is 17.6. The highest BCUT2D eigenvalue weighted by atomic mass is 16.6. The highest BCUT2D eigenvalue weighted by Gasteiger charge is 2.17. The molecular weight excluding hydrogens is 324 g/mol. The van der Waals surface area contributed by atoms with Crippen LogP contribution in [0, 0.1) is 11.3 Å². The van der Waals surface area contributed by atoms with Gasteiger partial charge in [0.25, 0.3) is 0 Å². The van der Waals surface area contributed by atoms with E-state index in [0.717, 1.165) is 0 Å². The normalized spacial score (nSPS) is 9.88. The lowest BCUT2D eigenvalue weighted by molar-refractivity contribution is 0.0717. The number of carbonyl (C=O) groups excluding carboxylic acids is 2. The third kappa shape index (κ3) is 3.71. The standard InChI is InChI=1S/C18H10N2O5/c19-10-13-6-7-15(24-17(21)12-4-2-1-3-5-12)20-16(13)25-18(22)14-8-9-23-11-14/h1-9,11H. The van der Waals surface area contributed by atoms with Crippen molar-refractivity contribution in [3.05, 3.63) is 77.7 Å². The van der Waals surface area contributed by atoms with Crippen molar-refractivity contribution in [3.8, 4) is 17.8 Å². The predicted octanol–water partition coefficient (Wildman–Crippen LogP) is 2.98. The van der Waals surface area contributed by atoms with Gasteiger partial charge in [0.2, 0.25) is 11.8 Å². The molecule has 3 rings (SSSR count). The van der Waals surface area contributed by atoms with Crippen molar-refractivity contribution >= 4 is 11.9 Å². The molecule has 7 heteroatoms. The lowest BCUT2D eigenvalue weighted by Crippen LogP contribution is -2.12. The van der Waals surface area contributed by atoms with Crippen LogP contribution >= 0.6 is 0 Å². The van der Waals surface area contributed by atoms with Crippen LogP contribution in [-0.4, -0.2) is 16.9 Å². The molecule has 0 amide bonds. The first kappa shape index (κ1) is 16.0. The molecule has 122 valence electrons. The van der Waals surface area contributed by atoms with Crippen molar-refractivity contribution in [2.45, 2.75) is 0 Å². The third-order valence-electron chi connectivity index (χ3n) is 3.11. The molecule has 0 aliphatic rings. The minimum Gasteiger partial charge on any atom is -0.472 e. The number of benzene rings is 1. The number of hydrogen-bond acceptors (Lipinski definition) is 7. The molecule has 0 saturated carbocycles. The summed E-state index contributed by atoms with van der Waals surface area (Å²) in [6.07, 6.45) is 2.51. The van der Waals surface area contributed by atoms with Crippen LogP contribution in [0.4, 0.5) is 0 Å². The number of hydrogen-bond donors (Lipinski definition) is 0. The van der Waals surface area contributed by atoms with E-state index in [9.17, 15) is 9.59 Å². The van der Waals surface area contributed by atoms with E-state index >= 15 is 0 Å². The van der Waals surface area contributed by atoms with Crippen molar-refractivity contribution in [1.82, 2.24) is 4.98 Å². The molecule has 2 aromatic heterocycles. The molecule has 0 atom stereocenters. The SMILES string of the molecule is N#Cc1ccc(OC(=O)c2ccccc2)nc1OC(=O)c1ccoc1. The van der Waals surface area contributed by atoms with Crippen molar-refractivity contribution < 1.29 is 23.5 Å². The highest BCUT2D eigenvalue weighted by Crippen LogP contribution is 2.21. The summed E-state index contributed by atoms with van der Waals surface area (Å²) < 4.78 is 15.0. The van der Waals surface area contributed by atoms with Crippen molar-refractivity contribution in [3.63, 3.8) is 0 Å². The summed E-state index contributed by atoms with van der Waals surface area (Å²) in [5.41, 5.74) is 0.527. The monoisotopic (exact) mass is 334 g/mol. The van der Waals surface area contributed by atoms with E-state index in [1.807, 2.05) is 6.07 Å². The topological polar surface area (TPSA) is 102 Å². The van der Waals surface area contributed by atoms with Gasteiger partial charge in [-0.3, -0.25) is 0 Å². The Bertz CT molecular complexity index is 943. The number of furan rings is 1. The second-order valence-electron chi connectivity index (χ2n) is 4.77. The smallest absolute Gasteiger partial charge is 0.348 e. The second kappa shape index (κ2) is 7.10. The van der Waals surface area contributed by atoms with E-state index in [-0.39, 0.29) is 22.9 Å². The molecule has 0 unspecified atom stereocenters. The quantitative estimate of drug-likeness (QED) is 0.676. The Morgan fingerprint density at radius 2 is 1.72 bits per heavy atom. The average molecular weight is 334 g/mol. The zero-order valence-corrected chi connectivity index (χ0v) is 12.7. The van der Waals surface area contributed by atoms with Crippen LogP contribution < -0.4 is 9.47 Å². The van der Waals surface area contributed by atoms with Gasteiger partial charge in [0.05, 0.1) is 17.4 Å². The van der Waals surface area contributed by atoms with Gasteiger partial charge in [0.15, 0.2) is 0 Å². The number of rotatable bonds is 4. The maximum Gasteiger partial charge on any atom is 0.348 e. The fraction of sp³-hybridized carbons (Fsp3) is 0. The Morgan fingerprint density at radius 3 is 2.40 bits per heavy atom. The van der Waals surface area contributed by atoms with Crippen LogP contribution in [0.25, 0.3) is 0 Å². The summed E-state index contributed by atoms with van der Waals surface area (Å²) in [4.78, 5) is 27.9. The number of carbonyl (C=O) groups is 2. The fourth-order valence-electron chi connectivity index (χ4n) is 1.90. The van der Waals surface area contributed by atoms with Crippen LogP contribution in [0.2, 0.25) is 0 Å². The van der Waals surface area contributed by atoms with Crippen LogP contribution in [0.5, 0.6) is 11.8 Å². The molecule has 2 heterocycles. The molecule has 1 aromatic carbocycles. The Balaban J connectivity index is 1.81. The van der Waals surface area contributed by atoms with Gasteiger partial charge in [-0.1, -0.05) is 18.2 Å². The van der Waals surface area contributed by atoms with E-state index in [1.165, 1.54) is 30.7 Å². The van der Waals surface area contributed by atoms with E-state index in [2.05, 4.69) is 4.98 Å². The van der Waals surface area contributed by atoms with Gasteiger partial charge in [-0.15, -0.1) is 0 Å². The Labute approximate surface area is 142 Å². The summed E-state index contributed by atoms with van der Waals surface area (Å²) in [7, 11) is 0. The zero-order valence-electron chi connectivity index (χ0n) is 12.7. The van der Waals surface area contributed by atoms with Crippen LogP contribution in [0.1, 0.15) is 26.3 Å². The van der Waals surface area contributed by atoms with Gasteiger partial charge in [0, 0.05) is 6.07 Å². The summed E-state index contributed by atoms with van der Waals surface area (Å²) in [6, 6.07) is 14.3. The summed E-state index contributed by atoms with van der Waals surface area (Å²) in [5.74, 6) is -1.72. The molecule has 0 N–H and O–H groups in total. The molecule has 0 spiro atoms. The number of pyridine rings is 1. The van der Waals surface area contributed by atoms with Crippen LogP contribution in [-0.2, 0) is 0 Å². The second-order valence-corrected chi connectivity index (χ2v) is 4.77. The molecule has 0 radical (unpaired) electrons. The molecule has 25 heavy (non-hydrogen) atoms.